The predicted molar refractivity (Wildman–Crippen MR) is 146 cm³/mol. The van der Waals surface area contributed by atoms with E-state index in [0.717, 1.165) is 22.0 Å². The fourth-order valence-corrected chi connectivity index (χ4v) is 4.77. The first-order chi connectivity index (χ1) is 18.4. The zero-order valence-electron chi connectivity index (χ0n) is 21.6. The number of ether oxygens (including phenoxy) is 2. The fourth-order valence-electron chi connectivity index (χ4n) is 4.77. The number of carbonyl (C=O) groups is 2. The SMILES string of the molecule is COc1ccc(CN2C(=O)C(=O)/C(=C(/O)c3cccc(OCC(C)C)c3)C2c2c[nH]c3ccccc23)cc1. The van der Waals surface area contributed by atoms with Crippen LogP contribution in [0.2, 0.25) is 0 Å². The maximum Gasteiger partial charge on any atom is 0.295 e. The molecule has 1 fully saturated rings. The van der Waals surface area contributed by atoms with Gasteiger partial charge in [0.2, 0.25) is 0 Å². The van der Waals surface area contributed by atoms with Gasteiger partial charge in [-0.1, -0.05) is 56.3 Å². The number of nitrogens with one attached hydrogen (secondary N) is 1. The maximum atomic E-state index is 13.5. The summed E-state index contributed by atoms with van der Waals surface area (Å²) in [5.74, 6) is -0.00433. The Morgan fingerprint density at radius 2 is 1.76 bits per heavy atom. The Morgan fingerprint density at radius 3 is 2.50 bits per heavy atom. The van der Waals surface area contributed by atoms with Crippen molar-refractivity contribution in [3.63, 3.8) is 0 Å². The molecule has 2 N–H and O–H groups in total. The van der Waals surface area contributed by atoms with Crippen molar-refractivity contribution >= 4 is 28.4 Å². The van der Waals surface area contributed by atoms with Crippen LogP contribution in [0.15, 0.2) is 84.6 Å². The van der Waals surface area contributed by atoms with Crippen LogP contribution < -0.4 is 9.47 Å². The minimum Gasteiger partial charge on any atom is -0.507 e. The first-order valence-electron chi connectivity index (χ1n) is 12.6. The Hall–Kier alpha value is -4.52. The number of carbonyl (C=O) groups excluding carboxylic acids is 2. The average molecular weight is 511 g/mol. The molecule has 1 saturated heterocycles. The number of ketones is 1. The quantitative estimate of drug-likeness (QED) is 0.177. The van der Waals surface area contributed by atoms with Crippen LogP contribution in [-0.2, 0) is 16.1 Å². The molecular formula is C31H30N2O5. The molecule has 0 radical (unpaired) electrons. The van der Waals surface area contributed by atoms with Crippen LogP contribution in [-0.4, -0.2) is 40.4 Å². The lowest BCUT2D eigenvalue weighted by Gasteiger charge is -2.25. The summed E-state index contributed by atoms with van der Waals surface area (Å²) < 4.78 is 11.1. The van der Waals surface area contributed by atoms with Crippen LogP contribution in [0.25, 0.3) is 16.7 Å². The maximum absolute atomic E-state index is 13.5. The number of aliphatic hydroxyl groups excluding tert-OH is 1. The summed E-state index contributed by atoms with van der Waals surface area (Å²) in [5.41, 5.74) is 2.91. The molecule has 3 aromatic carbocycles. The standard InChI is InChI=1S/C31H30N2O5/c1-19(2)18-38-23-8-6-7-21(15-23)29(34)27-28(25-16-32-26-10-5-4-9-24(25)26)33(31(36)30(27)35)17-20-11-13-22(37-3)14-12-20/h4-16,19,28,32,34H,17-18H2,1-3H3/b29-27+. The van der Waals surface area contributed by atoms with Gasteiger partial charge in [0.1, 0.15) is 17.3 Å². The van der Waals surface area contributed by atoms with Crippen molar-refractivity contribution in [2.24, 2.45) is 5.92 Å². The van der Waals surface area contributed by atoms with Crippen LogP contribution in [0.5, 0.6) is 11.5 Å². The van der Waals surface area contributed by atoms with Crippen LogP contribution in [0.1, 0.15) is 36.6 Å². The van der Waals surface area contributed by atoms with E-state index in [1.165, 1.54) is 4.90 Å². The van der Waals surface area contributed by atoms with E-state index in [1.54, 1.807) is 37.6 Å². The summed E-state index contributed by atoms with van der Waals surface area (Å²) in [4.78, 5) is 31.7. The van der Waals surface area contributed by atoms with E-state index < -0.39 is 17.7 Å². The third kappa shape index (κ3) is 4.75. The van der Waals surface area contributed by atoms with Gasteiger partial charge in [-0.25, -0.2) is 0 Å². The number of likely N-dealkylation sites (tertiary alicyclic amines) is 1. The van der Waals surface area contributed by atoms with E-state index in [2.05, 4.69) is 18.8 Å². The molecule has 1 aliphatic heterocycles. The van der Waals surface area contributed by atoms with E-state index in [-0.39, 0.29) is 17.9 Å². The van der Waals surface area contributed by atoms with Gasteiger partial charge in [0, 0.05) is 34.8 Å². The average Bonchev–Trinajstić information content (AvgIpc) is 3.46. The largest absolute Gasteiger partial charge is 0.507 e. The number of rotatable bonds is 8. The summed E-state index contributed by atoms with van der Waals surface area (Å²) in [5, 5.41) is 12.4. The number of Topliss-reactive ketones (excluding diaryl/α,β-unsaturated/α-hetero) is 1. The van der Waals surface area contributed by atoms with E-state index in [9.17, 15) is 14.7 Å². The number of hydrogen-bond acceptors (Lipinski definition) is 5. The Kier molecular flexibility index (Phi) is 6.92. The van der Waals surface area contributed by atoms with E-state index >= 15 is 0 Å². The topological polar surface area (TPSA) is 91.9 Å². The lowest BCUT2D eigenvalue weighted by Crippen LogP contribution is -2.29. The number of fused-ring (bicyclic) bond motifs is 1. The molecule has 1 aliphatic rings. The number of aliphatic hydroxyl groups is 1. The normalized spacial score (nSPS) is 16.9. The number of H-pyrrole nitrogens is 1. The monoisotopic (exact) mass is 510 g/mol. The number of benzene rings is 3. The Morgan fingerprint density at radius 1 is 1.00 bits per heavy atom. The van der Waals surface area contributed by atoms with Gasteiger partial charge in [-0.15, -0.1) is 0 Å². The van der Waals surface area contributed by atoms with Gasteiger partial charge in [-0.05, 0) is 41.8 Å². The number of para-hydroxylation sites is 1. The molecule has 2 heterocycles. The van der Waals surface area contributed by atoms with Gasteiger partial charge in [-0.2, -0.15) is 0 Å². The van der Waals surface area contributed by atoms with Crippen LogP contribution in [0.3, 0.4) is 0 Å². The third-order valence-electron chi connectivity index (χ3n) is 6.66. The summed E-state index contributed by atoms with van der Waals surface area (Å²) in [7, 11) is 1.59. The summed E-state index contributed by atoms with van der Waals surface area (Å²) in [6.45, 7) is 4.81. The molecule has 4 aromatic rings. The van der Waals surface area contributed by atoms with Gasteiger partial charge in [0.05, 0.1) is 25.3 Å². The second kappa shape index (κ2) is 10.5. The van der Waals surface area contributed by atoms with Gasteiger partial charge >= 0.3 is 0 Å². The number of hydrogen-bond donors (Lipinski definition) is 2. The second-order valence-electron chi connectivity index (χ2n) is 9.80. The predicted octanol–water partition coefficient (Wildman–Crippen LogP) is 5.83. The van der Waals surface area contributed by atoms with Crippen molar-refractivity contribution in [3.05, 3.63) is 101 Å². The molecule has 0 aliphatic carbocycles. The van der Waals surface area contributed by atoms with Crippen LogP contribution >= 0.6 is 0 Å². The third-order valence-corrected chi connectivity index (χ3v) is 6.66. The van der Waals surface area contributed by atoms with E-state index in [4.69, 9.17) is 9.47 Å². The Bertz CT molecular complexity index is 1520. The van der Waals surface area contributed by atoms with Crippen molar-refractivity contribution < 1.29 is 24.2 Å². The molecular weight excluding hydrogens is 480 g/mol. The number of methoxy groups -OCH3 is 1. The lowest BCUT2D eigenvalue weighted by molar-refractivity contribution is -0.140. The number of amides is 1. The zero-order chi connectivity index (χ0) is 26.8. The molecule has 1 unspecified atom stereocenters. The molecule has 5 rings (SSSR count). The van der Waals surface area contributed by atoms with Crippen LogP contribution in [0, 0.1) is 5.92 Å². The molecule has 0 bridgehead atoms. The number of aromatic nitrogens is 1. The molecule has 0 saturated carbocycles. The van der Waals surface area contributed by atoms with Crippen molar-refractivity contribution in [2.45, 2.75) is 26.4 Å². The minimum atomic E-state index is -0.784. The number of nitrogens with zero attached hydrogens (tertiary/aromatic N) is 1. The smallest absolute Gasteiger partial charge is 0.295 e. The molecule has 194 valence electrons. The van der Waals surface area contributed by atoms with E-state index in [0.29, 0.717) is 29.6 Å². The van der Waals surface area contributed by atoms with Crippen molar-refractivity contribution in [2.75, 3.05) is 13.7 Å². The van der Waals surface area contributed by atoms with Crippen molar-refractivity contribution in [1.82, 2.24) is 9.88 Å². The lowest BCUT2D eigenvalue weighted by atomic mass is 9.94. The molecule has 1 aromatic heterocycles. The summed E-state index contributed by atoms with van der Waals surface area (Å²) >= 11 is 0. The van der Waals surface area contributed by atoms with Crippen LogP contribution in [0.4, 0.5) is 0 Å². The molecule has 38 heavy (non-hydrogen) atoms. The molecule has 7 nitrogen and oxygen atoms in total. The second-order valence-corrected chi connectivity index (χ2v) is 9.80. The Labute approximate surface area is 221 Å². The molecule has 1 atom stereocenters. The highest BCUT2D eigenvalue weighted by atomic mass is 16.5. The first kappa shape index (κ1) is 25.1. The van der Waals surface area contributed by atoms with Gasteiger partial charge in [0.25, 0.3) is 11.7 Å². The highest BCUT2D eigenvalue weighted by molar-refractivity contribution is 6.46. The van der Waals surface area contributed by atoms with Gasteiger partial charge in [0.15, 0.2) is 0 Å². The summed E-state index contributed by atoms with van der Waals surface area (Å²) in [6.07, 6.45) is 1.80. The molecule has 7 heteroatoms. The minimum absolute atomic E-state index is 0.0503. The summed E-state index contributed by atoms with van der Waals surface area (Å²) in [6, 6.07) is 21.2. The number of aromatic amines is 1. The van der Waals surface area contributed by atoms with E-state index in [1.807, 2.05) is 48.5 Å². The molecule has 0 spiro atoms. The van der Waals surface area contributed by atoms with Gasteiger partial charge < -0.3 is 24.5 Å². The van der Waals surface area contributed by atoms with Crippen molar-refractivity contribution in [1.29, 1.82) is 0 Å². The Balaban J connectivity index is 1.62. The first-order valence-corrected chi connectivity index (χ1v) is 12.6. The van der Waals surface area contributed by atoms with Gasteiger partial charge in [-0.3, -0.25) is 9.59 Å². The zero-order valence-corrected chi connectivity index (χ0v) is 21.6. The van der Waals surface area contributed by atoms with Crippen molar-refractivity contribution in [3.8, 4) is 11.5 Å². The highest BCUT2D eigenvalue weighted by Gasteiger charge is 2.46. The highest BCUT2D eigenvalue weighted by Crippen LogP contribution is 2.43. The fraction of sp³-hybridized carbons (Fsp3) is 0.226. The molecule has 1 amide bonds.